The van der Waals surface area contributed by atoms with Crippen molar-refractivity contribution in [1.82, 2.24) is 25.1 Å². The lowest BCUT2D eigenvalue weighted by molar-refractivity contribution is -0.120. The molecule has 1 saturated carbocycles. The van der Waals surface area contributed by atoms with Crippen LogP contribution in [0.3, 0.4) is 0 Å². The summed E-state index contributed by atoms with van der Waals surface area (Å²) < 4.78 is 1.90. The normalized spacial score (nSPS) is 23.4. The van der Waals surface area contributed by atoms with Gasteiger partial charge in [0.15, 0.2) is 11.0 Å². The summed E-state index contributed by atoms with van der Waals surface area (Å²) in [6, 6.07) is 4.11. The van der Waals surface area contributed by atoms with Crippen molar-refractivity contribution >= 4 is 17.7 Å². The molecule has 1 fully saturated rings. The van der Waals surface area contributed by atoms with Gasteiger partial charge < -0.3 is 9.88 Å². The Morgan fingerprint density at radius 2 is 2.20 bits per heavy atom. The van der Waals surface area contributed by atoms with Crippen molar-refractivity contribution in [3.63, 3.8) is 0 Å². The summed E-state index contributed by atoms with van der Waals surface area (Å²) in [4.78, 5) is 16.4. The molecule has 7 heteroatoms. The predicted octanol–water partition coefficient (Wildman–Crippen LogP) is 2.91. The Morgan fingerprint density at radius 1 is 1.36 bits per heavy atom. The van der Waals surface area contributed by atoms with Gasteiger partial charge in [-0.25, -0.2) is 0 Å². The maximum Gasteiger partial charge on any atom is 0.230 e. The highest BCUT2D eigenvalue weighted by atomic mass is 32.2. The van der Waals surface area contributed by atoms with Gasteiger partial charge >= 0.3 is 0 Å². The maximum atomic E-state index is 12.3. The maximum absolute atomic E-state index is 12.3. The second-order valence-corrected chi connectivity index (χ2v) is 7.78. The van der Waals surface area contributed by atoms with E-state index in [-0.39, 0.29) is 5.91 Å². The Bertz CT molecular complexity index is 718. The largest absolute Gasteiger partial charge is 0.352 e. The lowest BCUT2D eigenvalue weighted by atomic mass is 9.78. The number of carbonyl (C=O) groups excluding carboxylic acids is 1. The number of hydrogen-bond acceptors (Lipinski definition) is 5. The topological polar surface area (TPSA) is 72.7 Å². The molecule has 0 aromatic carbocycles. The highest BCUT2D eigenvalue weighted by Gasteiger charge is 2.28. The van der Waals surface area contributed by atoms with Gasteiger partial charge in [0.05, 0.1) is 5.75 Å². The molecule has 1 aliphatic rings. The van der Waals surface area contributed by atoms with Crippen LogP contribution in [0, 0.1) is 11.8 Å². The number of aromatic nitrogens is 4. The fourth-order valence-electron chi connectivity index (χ4n) is 3.35. The molecule has 3 atom stereocenters. The van der Waals surface area contributed by atoms with Crippen LogP contribution in [0.5, 0.6) is 0 Å². The summed E-state index contributed by atoms with van der Waals surface area (Å²) >= 11 is 1.42. The fraction of sp³-hybridized carbons (Fsp3) is 0.556. The van der Waals surface area contributed by atoms with Gasteiger partial charge in [-0.05, 0) is 30.4 Å². The van der Waals surface area contributed by atoms with Gasteiger partial charge in [-0.1, -0.05) is 38.5 Å². The number of thioether (sulfide) groups is 1. The monoisotopic (exact) mass is 359 g/mol. The molecular weight excluding hydrogens is 334 g/mol. The van der Waals surface area contributed by atoms with Crippen LogP contribution < -0.4 is 5.32 Å². The predicted molar refractivity (Wildman–Crippen MR) is 99.1 cm³/mol. The molecule has 0 saturated heterocycles. The van der Waals surface area contributed by atoms with Gasteiger partial charge in [0, 0.05) is 31.0 Å². The quantitative estimate of drug-likeness (QED) is 0.831. The number of nitrogens with one attached hydrogen (secondary N) is 1. The second kappa shape index (κ2) is 7.99. The minimum Gasteiger partial charge on any atom is -0.352 e. The smallest absolute Gasteiger partial charge is 0.230 e. The molecule has 6 nitrogen and oxygen atoms in total. The van der Waals surface area contributed by atoms with Crippen molar-refractivity contribution in [1.29, 1.82) is 0 Å². The van der Waals surface area contributed by atoms with Crippen LogP contribution >= 0.6 is 11.8 Å². The van der Waals surface area contributed by atoms with Crippen LogP contribution in [0.1, 0.15) is 33.1 Å². The third-order valence-corrected chi connectivity index (χ3v) is 6.16. The van der Waals surface area contributed by atoms with Gasteiger partial charge in [-0.3, -0.25) is 9.78 Å². The zero-order chi connectivity index (χ0) is 17.8. The highest BCUT2D eigenvalue weighted by Crippen LogP contribution is 2.29. The number of carbonyl (C=O) groups is 1. The zero-order valence-corrected chi connectivity index (χ0v) is 15.8. The Morgan fingerprint density at radius 3 is 2.96 bits per heavy atom. The van der Waals surface area contributed by atoms with E-state index < -0.39 is 0 Å². The van der Waals surface area contributed by atoms with Crippen molar-refractivity contribution in [3.8, 4) is 11.4 Å². The Labute approximate surface area is 152 Å². The van der Waals surface area contributed by atoms with E-state index in [1.165, 1.54) is 24.6 Å². The first-order valence-electron chi connectivity index (χ1n) is 8.78. The summed E-state index contributed by atoms with van der Waals surface area (Å²) in [5.74, 6) is 2.39. The third kappa shape index (κ3) is 4.21. The molecule has 2 aromatic rings. The van der Waals surface area contributed by atoms with E-state index in [1.807, 2.05) is 23.7 Å². The van der Waals surface area contributed by atoms with Gasteiger partial charge in [0.25, 0.3) is 0 Å². The van der Waals surface area contributed by atoms with E-state index in [9.17, 15) is 4.79 Å². The van der Waals surface area contributed by atoms with Gasteiger partial charge in [-0.2, -0.15) is 0 Å². The van der Waals surface area contributed by atoms with Crippen molar-refractivity contribution in [2.75, 3.05) is 5.75 Å². The molecule has 0 bridgehead atoms. The Kier molecular flexibility index (Phi) is 5.73. The molecule has 0 spiro atoms. The molecule has 1 amide bonds. The van der Waals surface area contributed by atoms with E-state index >= 15 is 0 Å². The first-order valence-corrected chi connectivity index (χ1v) is 9.76. The minimum atomic E-state index is 0.0712. The standard InChI is InChI=1S/C18H25N5OS/c1-12-6-4-8-15(13(12)2)20-16(24)11-25-18-22-21-17(23(18)3)14-7-5-9-19-10-14/h5,7,9-10,12-13,15H,4,6,8,11H2,1-3H3,(H,20,24). The lowest BCUT2D eigenvalue weighted by Crippen LogP contribution is -2.44. The van der Waals surface area contributed by atoms with E-state index in [4.69, 9.17) is 0 Å². The van der Waals surface area contributed by atoms with E-state index in [1.54, 1.807) is 12.4 Å². The van der Waals surface area contributed by atoms with Crippen LogP contribution in [-0.4, -0.2) is 37.5 Å². The summed E-state index contributed by atoms with van der Waals surface area (Å²) in [6.45, 7) is 4.52. The summed E-state index contributed by atoms with van der Waals surface area (Å²) in [6.07, 6.45) is 7.03. The molecule has 0 aliphatic heterocycles. The van der Waals surface area contributed by atoms with Crippen molar-refractivity contribution < 1.29 is 4.79 Å². The number of pyridine rings is 1. The molecule has 2 aromatic heterocycles. The van der Waals surface area contributed by atoms with Gasteiger partial charge in [0.2, 0.25) is 5.91 Å². The average molecular weight is 359 g/mol. The Hall–Kier alpha value is -1.89. The van der Waals surface area contributed by atoms with E-state index in [2.05, 4.69) is 34.3 Å². The molecule has 134 valence electrons. The number of nitrogens with zero attached hydrogens (tertiary/aromatic N) is 4. The molecule has 1 aliphatic carbocycles. The molecule has 2 heterocycles. The average Bonchev–Trinajstić information content (AvgIpc) is 2.99. The number of amides is 1. The molecule has 1 N–H and O–H groups in total. The Balaban J connectivity index is 1.57. The fourth-order valence-corrected chi connectivity index (χ4v) is 4.07. The number of hydrogen-bond donors (Lipinski definition) is 1. The summed E-state index contributed by atoms with van der Waals surface area (Å²) in [7, 11) is 1.91. The highest BCUT2D eigenvalue weighted by molar-refractivity contribution is 7.99. The van der Waals surface area contributed by atoms with Crippen LogP contribution in [0.25, 0.3) is 11.4 Å². The van der Waals surface area contributed by atoms with Crippen LogP contribution in [0.15, 0.2) is 29.7 Å². The molecule has 3 unspecified atom stereocenters. The van der Waals surface area contributed by atoms with E-state index in [0.29, 0.717) is 23.6 Å². The van der Waals surface area contributed by atoms with E-state index in [0.717, 1.165) is 23.0 Å². The lowest BCUT2D eigenvalue weighted by Gasteiger charge is -2.34. The number of rotatable bonds is 5. The zero-order valence-electron chi connectivity index (χ0n) is 15.0. The van der Waals surface area contributed by atoms with Crippen LogP contribution in [0.2, 0.25) is 0 Å². The van der Waals surface area contributed by atoms with Crippen molar-refractivity contribution in [3.05, 3.63) is 24.5 Å². The van der Waals surface area contributed by atoms with Gasteiger partial charge in [0.1, 0.15) is 0 Å². The summed E-state index contributed by atoms with van der Waals surface area (Å²) in [5, 5.41) is 12.4. The van der Waals surface area contributed by atoms with Crippen LogP contribution in [-0.2, 0) is 11.8 Å². The molecular formula is C18H25N5OS. The molecule has 3 rings (SSSR count). The molecule has 25 heavy (non-hydrogen) atoms. The first-order chi connectivity index (χ1) is 12.1. The summed E-state index contributed by atoms with van der Waals surface area (Å²) in [5.41, 5.74) is 0.916. The SMILES string of the molecule is CC1CCCC(NC(=O)CSc2nnc(-c3cccnc3)n2C)C1C. The molecule has 0 radical (unpaired) electrons. The first kappa shape index (κ1) is 17.9. The van der Waals surface area contributed by atoms with Crippen molar-refractivity contribution in [2.45, 2.75) is 44.3 Å². The van der Waals surface area contributed by atoms with Crippen LogP contribution in [0.4, 0.5) is 0 Å². The van der Waals surface area contributed by atoms with Crippen molar-refractivity contribution in [2.24, 2.45) is 18.9 Å². The third-order valence-electron chi connectivity index (χ3n) is 5.14. The van der Waals surface area contributed by atoms with Gasteiger partial charge in [-0.15, -0.1) is 10.2 Å². The second-order valence-electron chi connectivity index (χ2n) is 6.84. The minimum absolute atomic E-state index is 0.0712.